The van der Waals surface area contributed by atoms with Crippen molar-refractivity contribution in [2.24, 2.45) is 0 Å². The fourth-order valence-electron chi connectivity index (χ4n) is 3.43. The number of fused-ring (bicyclic) bond motifs is 3. The third-order valence-electron chi connectivity index (χ3n) is 5.00. The number of amides is 1. The first kappa shape index (κ1) is 19.3. The molecule has 1 heterocycles. The van der Waals surface area contributed by atoms with E-state index in [1.54, 1.807) is 7.11 Å². The van der Waals surface area contributed by atoms with Gasteiger partial charge in [-0.25, -0.2) is 0 Å². The summed E-state index contributed by atoms with van der Waals surface area (Å²) in [6, 6.07) is 19.3. The maximum atomic E-state index is 12.5. The zero-order valence-electron chi connectivity index (χ0n) is 16.2. The number of halogens is 1. The van der Waals surface area contributed by atoms with Crippen LogP contribution < -0.4 is 15.4 Å². The first-order valence-electron chi connectivity index (χ1n) is 9.43. The number of hydrogen-bond acceptors (Lipinski definition) is 3. The molecule has 1 atom stereocenters. The van der Waals surface area contributed by atoms with Crippen molar-refractivity contribution in [1.29, 1.82) is 0 Å². The van der Waals surface area contributed by atoms with E-state index in [0.717, 1.165) is 21.9 Å². The molecule has 148 valence electrons. The molecule has 0 radical (unpaired) electrons. The topological polar surface area (TPSA) is 68.1 Å². The molecule has 0 saturated heterocycles. The molecular weight excluding hydrogens is 388 g/mol. The monoisotopic (exact) mass is 409 g/mol. The number of carbonyl (C=O) groups is 1. The number of nitrogens with two attached hydrogens (primary N) is 1. The van der Waals surface area contributed by atoms with Crippen molar-refractivity contribution in [3.63, 3.8) is 0 Å². The Labute approximate surface area is 173 Å². The number of hydrogen-bond donors (Lipinski definition) is 2. The van der Waals surface area contributed by atoms with E-state index in [-0.39, 0.29) is 18.5 Å². The molecule has 6 heteroatoms. The summed E-state index contributed by atoms with van der Waals surface area (Å²) < 4.78 is 11.4. The summed E-state index contributed by atoms with van der Waals surface area (Å²) in [7, 11) is 1.59. The van der Waals surface area contributed by atoms with Crippen LogP contribution in [-0.2, 0) is 4.79 Å². The van der Waals surface area contributed by atoms with E-state index in [2.05, 4.69) is 5.32 Å². The van der Waals surface area contributed by atoms with Crippen molar-refractivity contribution in [2.75, 3.05) is 19.0 Å². The zero-order chi connectivity index (χ0) is 20.4. The van der Waals surface area contributed by atoms with E-state index in [1.165, 1.54) is 0 Å². The Balaban J connectivity index is 1.50. The Hall–Kier alpha value is -3.02. The summed E-state index contributed by atoms with van der Waals surface area (Å²) in [4.78, 5) is 12.5. The molecule has 0 saturated carbocycles. The van der Waals surface area contributed by atoms with Crippen molar-refractivity contribution < 1.29 is 19.3 Å². The van der Waals surface area contributed by atoms with Gasteiger partial charge in [0.15, 0.2) is 6.54 Å². The normalized spacial score (nSPS) is 12.2. The lowest BCUT2D eigenvalue weighted by Gasteiger charge is -2.13. The van der Waals surface area contributed by atoms with Gasteiger partial charge in [0.25, 0.3) is 5.91 Å². The Morgan fingerprint density at radius 2 is 1.93 bits per heavy atom. The van der Waals surface area contributed by atoms with Crippen LogP contribution in [-0.4, -0.2) is 19.6 Å². The van der Waals surface area contributed by atoms with Gasteiger partial charge in [0.1, 0.15) is 23.0 Å². The standard InChI is InChI=1S/C23H21ClN2O3/c1-14(15-6-5-7-16(24)10-15)25-13-23(27)26-19-12-21-18(11-22(19)28-2)17-8-3-4-9-20(17)29-21/h3-12,14,25H,13H2,1-2H3,(H,26,27)/p+1/t14-/m1/s1. The highest BCUT2D eigenvalue weighted by atomic mass is 35.5. The molecule has 0 spiro atoms. The third-order valence-corrected chi connectivity index (χ3v) is 5.24. The van der Waals surface area contributed by atoms with Crippen LogP contribution in [0.4, 0.5) is 5.69 Å². The highest BCUT2D eigenvalue weighted by molar-refractivity contribution is 6.30. The van der Waals surface area contributed by atoms with Crippen molar-refractivity contribution >= 4 is 45.1 Å². The van der Waals surface area contributed by atoms with E-state index in [9.17, 15) is 4.79 Å². The number of furan rings is 1. The van der Waals surface area contributed by atoms with E-state index >= 15 is 0 Å². The van der Waals surface area contributed by atoms with Crippen LogP contribution in [0.1, 0.15) is 18.5 Å². The predicted octanol–water partition coefficient (Wildman–Crippen LogP) is 4.51. The first-order valence-corrected chi connectivity index (χ1v) is 9.81. The van der Waals surface area contributed by atoms with Gasteiger partial charge in [-0.1, -0.05) is 41.9 Å². The molecule has 5 nitrogen and oxygen atoms in total. The maximum absolute atomic E-state index is 12.5. The van der Waals surface area contributed by atoms with Gasteiger partial charge < -0.3 is 19.8 Å². The summed E-state index contributed by atoms with van der Waals surface area (Å²) in [6.45, 7) is 2.31. The second-order valence-electron chi connectivity index (χ2n) is 6.98. The van der Waals surface area contributed by atoms with Crippen LogP contribution in [0, 0.1) is 0 Å². The van der Waals surface area contributed by atoms with E-state index in [0.29, 0.717) is 22.0 Å². The minimum absolute atomic E-state index is 0.110. The van der Waals surface area contributed by atoms with Gasteiger partial charge in [0.2, 0.25) is 0 Å². The summed E-state index contributed by atoms with van der Waals surface area (Å²) in [5.41, 5.74) is 3.18. The van der Waals surface area contributed by atoms with Gasteiger partial charge >= 0.3 is 0 Å². The molecule has 4 rings (SSSR count). The van der Waals surface area contributed by atoms with Gasteiger partial charge in [-0.05, 0) is 31.2 Å². The molecule has 3 aromatic carbocycles. The number of benzene rings is 3. The number of anilines is 1. The highest BCUT2D eigenvalue weighted by Gasteiger charge is 2.16. The number of carbonyl (C=O) groups excluding carboxylic acids is 1. The number of quaternary nitrogens is 1. The number of methoxy groups -OCH3 is 1. The van der Waals surface area contributed by atoms with Crippen LogP contribution >= 0.6 is 11.6 Å². The third kappa shape index (κ3) is 4.06. The number of ether oxygens (including phenoxy) is 1. The maximum Gasteiger partial charge on any atom is 0.279 e. The molecular formula is C23H22ClN2O3+. The average Bonchev–Trinajstić information content (AvgIpc) is 3.08. The Bertz CT molecular complexity index is 1190. The molecule has 1 aromatic heterocycles. The Morgan fingerprint density at radius 3 is 2.72 bits per heavy atom. The van der Waals surface area contributed by atoms with Gasteiger partial charge in [-0.2, -0.15) is 0 Å². The SMILES string of the molecule is COc1cc2c(cc1NC(=O)C[NH2+][C@H](C)c1cccc(Cl)c1)oc1ccccc12. The van der Waals surface area contributed by atoms with Gasteiger partial charge in [-0.3, -0.25) is 4.79 Å². The lowest BCUT2D eigenvalue weighted by Crippen LogP contribution is -2.86. The number of rotatable bonds is 6. The van der Waals surface area contributed by atoms with Crippen molar-refractivity contribution in [2.45, 2.75) is 13.0 Å². The Kier molecular flexibility index (Phi) is 5.43. The van der Waals surface area contributed by atoms with E-state index in [1.807, 2.05) is 72.9 Å². The van der Waals surface area contributed by atoms with Crippen LogP contribution in [0.5, 0.6) is 5.75 Å². The quantitative estimate of drug-likeness (QED) is 0.492. The molecule has 0 unspecified atom stereocenters. The fraction of sp³-hybridized carbons (Fsp3) is 0.174. The lowest BCUT2D eigenvalue weighted by atomic mass is 10.1. The fourth-order valence-corrected chi connectivity index (χ4v) is 3.63. The van der Waals surface area contributed by atoms with Crippen LogP contribution in [0.15, 0.2) is 65.1 Å². The highest BCUT2D eigenvalue weighted by Crippen LogP contribution is 2.36. The number of nitrogens with one attached hydrogen (secondary N) is 1. The molecule has 0 aliphatic rings. The summed E-state index contributed by atoms with van der Waals surface area (Å²) in [5.74, 6) is 0.480. The number of para-hydroxylation sites is 1. The molecule has 3 N–H and O–H groups in total. The van der Waals surface area contributed by atoms with Crippen molar-refractivity contribution in [1.82, 2.24) is 0 Å². The molecule has 1 amide bonds. The smallest absolute Gasteiger partial charge is 0.279 e. The molecule has 0 fully saturated rings. The second kappa shape index (κ2) is 8.15. The minimum atomic E-state index is -0.118. The molecule has 0 bridgehead atoms. The minimum Gasteiger partial charge on any atom is -0.495 e. The van der Waals surface area contributed by atoms with Crippen LogP contribution in [0.3, 0.4) is 0 Å². The summed E-state index contributed by atoms with van der Waals surface area (Å²) in [5, 5.41) is 7.56. The van der Waals surface area contributed by atoms with Gasteiger partial charge in [0, 0.05) is 27.4 Å². The second-order valence-corrected chi connectivity index (χ2v) is 7.41. The van der Waals surface area contributed by atoms with Crippen LogP contribution in [0.2, 0.25) is 5.02 Å². The van der Waals surface area contributed by atoms with Crippen molar-refractivity contribution in [3.8, 4) is 5.75 Å². The Morgan fingerprint density at radius 1 is 1.10 bits per heavy atom. The zero-order valence-corrected chi connectivity index (χ0v) is 17.0. The molecule has 29 heavy (non-hydrogen) atoms. The summed E-state index contributed by atoms with van der Waals surface area (Å²) in [6.07, 6.45) is 0. The predicted molar refractivity (Wildman–Crippen MR) is 116 cm³/mol. The van der Waals surface area contributed by atoms with Gasteiger partial charge in [0.05, 0.1) is 12.8 Å². The van der Waals surface area contributed by atoms with Gasteiger partial charge in [-0.15, -0.1) is 0 Å². The molecule has 0 aliphatic carbocycles. The first-order chi connectivity index (χ1) is 14.0. The average molecular weight is 410 g/mol. The largest absolute Gasteiger partial charge is 0.495 e. The van der Waals surface area contributed by atoms with E-state index in [4.69, 9.17) is 20.8 Å². The molecule has 4 aromatic rings. The lowest BCUT2D eigenvalue weighted by molar-refractivity contribution is -0.682. The van der Waals surface area contributed by atoms with E-state index < -0.39 is 0 Å². The summed E-state index contributed by atoms with van der Waals surface area (Å²) >= 11 is 6.05. The molecule has 0 aliphatic heterocycles. The van der Waals surface area contributed by atoms with Crippen molar-refractivity contribution in [3.05, 3.63) is 71.2 Å². The van der Waals surface area contributed by atoms with Crippen LogP contribution in [0.25, 0.3) is 21.9 Å².